The van der Waals surface area contributed by atoms with E-state index in [-0.39, 0.29) is 17.4 Å². The third-order valence-corrected chi connectivity index (χ3v) is 4.43. The van der Waals surface area contributed by atoms with E-state index in [1.165, 1.54) is 12.1 Å². The van der Waals surface area contributed by atoms with Crippen LogP contribution in [0, 0.1) is 0 Å². The zero-order valence-electron chi connectivity index (χ0n) is 13.4. The van der Waals surface area contributed by atoms with Crippen molar-refractivity contribution in [1.29, 1.82) is 0 Å². The van der Waals surface area contributed by atoms with Crippen molar-refractivity contribution in [3.8, 4) is 5.75 Å². The molecule has 1 heterocycles. The number of nitrogens with zero attached hydrogens (tertiary/aromatic N) is 1. The molecule has 124 valence electrons. The summed E-state index contributed by atoms with van der Waals surface area (Å²) in [6.07, 6.45) is 0.888. The van der Waals surface area contributed by atoms with Crippen molar-refractivity contribution >= 4 is 11.9 Å². The van der Waals surface area contributed by atoms with Gasteiger partial charge in [-0.2, -0.15) is 0 Å². The van der Waals surface area contributed by atoms with Gasteiger partial charge in [0.15, 0.2) is 0 Å². The normalized spacial score (nSPS) is 16.9. The van der Waals surface area contributed by atoms with Gasteiger partial charge in [0.25, 0.3) is 5.91 Å². The number of methoxy groups -OCH3 is 1. The fraction of sp³-hybridized carbons (Fsp3) is 0.263. The van der Waals surface area contributed by atoms with E-state index in [0.29, 0.717) is 18.7 Å². The van der Waals surface area contributed by atoms with Crippen LogP contribution in [0.1, 0.15) is 38.6 Å². The Morgan fingerprint density at radius 3 is 2.42 bits per heavy atom. The molecule has 0 spiro atoms. The van der Waals surface area contributed by atoms with Crippen LogP contribution in [-0.4, -0.2) is 42.1 Å². The van der Waals surface area contributed by atoms with Gasteiger partial charge in [-0.05, 0) is 42.3 Å². The highest BCUT2D eigenvalue weighted by Crippen LogP contribution is 2.33. The standard InChI is InChI=1S/C19H19NO4/c1-24-17-5-3-2-4-16(17)15-10-11-20(12-15)18(21)13-6-8-14(9-7-13)19(22)23/h2-9,15H,10-12H2,1H3,(H,22,23). The highest BCUT2D eigenvalue weighted by atomic mass is 16.5. The van der Waals surface area contributed by atoms with Crippen LogP contribution in [0.15, 0.2) is 48.5 Å². The summed E-state index contributed by atoms with van der Waals surface area (Å²) in [5.41, 5.74) is 1.82. The van der Waals surface area contributed by atoms with Gasteiger partial charge in [0, 0.05) is 24.6 Å². The molecule has 0 aromatic heterocycles. The Balaban J connectivity index is 1.73. The summed E-state index contributed by atoms with van der Waals surface area (Å²) in [5.74, 6) is 0.0433. The highest BCUT2D eigenvalue weighted by Gasteiger charge is 2.29. The van der Waals surface area contributed by atoms with Gasteiger partial charge >= 0.3 is 5.97 Å². The molecule has 0 radical (unpaired) electrons. The number of amides is 1. The lowest BCUT2D eigenvalue weighted by molar-refractivity contribution is 0.0695. The van der Waals surface area contributed by atoms with Crippen molar-refractivity contribution in [2.75, 3.05) is 20.2 Å². The molecule has 1 aliphatic heterocycles. The lowest BCUT2D eigenvalue weighted by atomic mass is 9.97. The van der Waals surface area contributed by atoms with Crippen molar-refractivity contribution in [3.63, 3.8) is 0 Å². The van der Waals surface area contributed by atoms with Crippen LogP contribution in [-0.2, 0) is 0 Å². The number of ether oxygens (including phenoxy) is 1. The van der Waals surface area contributed by atoms with Gasteiger partial charge in [-0.25, -0.2) is 4.79 Å². The molecule has 5 heteroatoms. The van der Waals surface area contributed by atoms with Crippen LogP contribution < -0.4 is 4.74 Å². The van der Waals surface area contributed by atoms with Crippen LogP contribution in [0.4, 0.5) is 0 Å². The Labute approximate surface area is 140 Å². The van der Waals surface area contributed by atoms with Gasteiger partial charge in [-0.1, -0.05) is 18.2 Å². The Morgan fingerprint density at radius 1 is 1.08 bits per heavy atom. The molecule has 3 rings (SSSR count). The number of likely N-dealkylation sites (tertiary alicyclic amines) is 1. The fourth-order valence-electron chi connectivity index (χ4n) is 3.14. The van der Waals surface area contributed by atoms with Gasteiger partial charge < -0.3 is 14.7 Å². The summed E-state index contributed by atoms with van der Waals surface area (Å²) in [5, 5.41) is 8.93. The predicted molar refractivity (Wildman–Crippen MR) is 89.7 cm³/mol. The van der Waals surface area contributed by atoms with E-state index in [1.807, 2.05) is 29.2 Å². The molecule has 5 nitrogen and oxygen atoms in total. The monoisotopic (exact) mass is 325 g/mol. The van der Waals surface area contributed by atoms with E-state index in [0.717, 1.165) is 17.7 Å². The smallest absolute Gasteiger partial charge is 0.335 e. The Bertz CT molecular complexity index is 754. The van der Waals surface area contributed by atoms with Gasteiger partial charge in [0.1, 0.15) is 5.75 Å². The molecule has 0 aliphatic carbocycles. The van der Waals surface area contributed by atoms with Gasteiger partial charge in [0.2, 0.25) is 0 Å². The van der Waals surface area contributed by atoms with Crippen molar-refractivity contribution in [2.24, 2.45) is 0 Å². The zero-order chi connectivity index (χ0) is 17.1. The molecule has 1 amide bonds. The number of hydrogen-bond acceptors (Lipinski definition) is 3. The molecule has 0 bridgehead atoms. The number of carbonyl (C=O) groups is 2. The predicted octanol–water partition coefficient (Wildman–Crippen LogP) is 3.02. The maximum Gasteiger partial charge on any atom is 0.335 e. The first-order valence-electron chi connectivity index (χ1n) is 7.85. The second-order valence-corrected chi connectivity index (χ2v) is 5.86. The Hall–Kier alpha value is -2.82. The van der Waals surface area contributed by atoms with Gasteiger partial charge in [-0.15, -0.1) is 0 Å². The average Bonchev–Trinajstić information content (AvgIpc) is 3.11. The number of hydrogen-bond donors (Lipinski definition) is 1. The summed E-state index contributed by atoms with van der Waals surface area (Å²) >= 11 is 0. The van der Waals surface area contributed by atoms with Gasteiger partial charge in [0.05, 0.1) is 12.7 Å². The number of carboxylic acids is 1. The Morgan fingerprint density at radius 2 is 1.75 bits per heavy atom. The number of para-hydroxylation sites is 1. The fourth-order valence-corrected chi connectivity index (χ4v) is 3.14. The molecule has 1 fully saturated rings. The van der Waals surface area contributed by atoms with Crippen LogP contribution in [0.3, 0.4) is 0 Å². The molecule has 2 aromatic carbocycles. The molecular weight excluding hydrogens is 306 g/mol. The minimum absolute atomic E-state index is 0.0654. The SMILES string of the molecule is COc1ccccc1C1CCN(C(=O)c2ccc(C(=O)O)cc2)C1. The van der Waals surface area contributed by atoms with E-state index in [1.54, 1.807) is 19.2 Å². The van der Waals surface area contributed by atoms with Gasteiger partial charge in [-0.3, -0.25) is 4.79 Å². The number of aromatic carboxylic acids is 1. The quantitative estimate of drug-likeness (QED) is 0.938. The van der Waals surface area contributed by atoms with Crippen LogP contribution >= 0.6 is 0 Å². The summed E-state index contributed by atoms with van der Waals surface area (Å²) in [7, 11) is 1.65. The number of carboxylic acid groups (broad SMARTS) is 1. The summed E-state index contributed by atoms with van der Waals surface area (Å²) in [4.78, 5) is 25.3. The topological polar surface area (TPSA) is 66.8 Å². The number of rotatable bonds is 4. The molecule has 1 atom stereocenters. The van der Waals surface area contributed by atoms with Crippen molar-refractivity contribution in [3.05, 3.63) is 65.2 Å². The molecular formula is C19H19NO4. The van der Waals surface area contributed by atoms with E-state index < -0.39 is 5.97 Å². The summed E-state index contributed by atoms with van der Waals surface area (Å²) in [6.45, 7) is 1.32. The Kier molecular flexibility index (Phi) is 4.51. The molecule has 1 N–H and O–H groups in total. The maximum absolute atomic E-state index is 12.6. The molecule has 0 saturated carbocycles. The van der Waals surface area contributed by atoms with E-state index in [2.05, 4.69) is 0 Å². The van der Waals surface area contributed by atoms with Crippen molar-refractivity contribution < 1.29 is 19.4 Å². The second-order valence-electron chi connectivity index (χ2n) is 5.86. The number of benzene rings is 2. The lowest BCUT2D eigenvalue weighted by Crippen LogP contribution is -2.28. The summed E-state index contributed by atoms with van der Waals surface area (Å²) in [6, 6.07) is 14.0. The van der Waals surface area contributed by atoms with Crippen LogP contribution in [0.2, 0.25) is 0 Å². The minimum atomic E-state index is -0.994. The first-order valence-corrected chi connectivity index (χ1v) is 7.85. The third kappa shape index (κ3) is 3.11. The van der Waals surface area contributed by atoms with E-state index >= 15 is 0 Å². The van der Waals surface area contributed by atoms with Crippen LogP contribution in [0.25, 0.3) is 0 Å². The minimum Gasteiger partial charge on any atom is -0.496 e. The van der Waals surface area contributed by atoms with Crippen molar-refractivity contribution in [2.45, 2.75) is 12.3 Å². The van der Waals surface area contributed by atoms with E-state index in [9.17, 15) is 9.59 Å². The number of carbonyl (C=O) groups excluding carboxylic acids is 1. The molecule has 1 unspecified atom stereocenters. The summed E-state index contributed by atoms with van der Waals surface area (Å²) < 4.78 is 5.41. The van der Waals surface area contributed by atoms with E-state index in [4.69, 9.17) is 9.84 Å². The lowest BCUT2D eigenvalue weighted by Gasteiger charge is -2.18. The average molecular weight is 325 g/mol. The first kappa shape index (κ1) is 16.1. The second kappa shape index (κ2) is 6.74. The maximum atomic E-state index is 12.6. The van der Waals surface area contributed by atoms with Crippen LogP contribution in [0.5, 0.6) is 5.75 Å². The highest BCUT2D eigenvalue weighted by molar-refractivity contribution is 5.96. The molecule has 1 aliphatic rings. The third-order valence-electron chi connectivity index (χ3n) is 4.43. The molecule has 1 saturated heterocycles. The molecule has 2 aromatic rings. The molecule has 24 heavy (non-hydrogen) atoms. The largest absolute Gasteiger partial charge is 0.496 e. The van der Waals surface area contributed by atoms with Crippen molar-refractivity contribution in [1.82, 2.24) is 4.90 Å². The first-order chi connectivity index (χ1) is 11.6. The zero-order valence-corrected chi connectivity index (χ0v) is 13.4.